The number of hydrogen-bond donors (Lipinski definition) is 1. The van der Waals surface area contributed by atoms with E-state index in [0.717, 1.165) is 6.42 Å². The molecule has 0 aliphatic carbocycles. The second-order valence-corrected chi connectivity index (χ2v) is 10.4. The molecule has 0 bridgehead atoms. The summed E-state index contributed by atoms with van der Waals surface area (Å²) >= 11 is 0. The smallest absolute Gasteiger partial charge is 0.338 e. The van der Waals surface area contributed by atoms with Crippen LogP contribution in [-0.4, -0.2) is 58.5 Å². The zero-order valence-corrected chi connectivity index (χ0v) is 20.6. The molecule has 2 atom stereocenters. The molecule has 1 aliphatic heterocycles. The van der Waals surface area contributed by atoms with Crippen molar-refractivity contribution in [3.05, 3.63) is 48.0 Å². The van der Waals surface area contributed by atoms with Gasteiger partial charge < -0.3 is 19.5 Å². The van der Waals surface area contributed by atoms with E-state index in [2.05, 4.69) is 5.32 Å². The van der Waals surface area contributed by atoms with E-state index in [0.29, 0.717) is 30.3 Å². The maximum Gasteiger partial charge on any atom is 0.338 e. The van der Waals surface area contributed by atoms with Gasteiger partial charge in [-0.2, -0.15) is 4.31 Å². The molecule has 0 aromatic heterocycles. The molecule has 1 saturated heterocycles. The molecule has 2 aromatic carbocycles. The Kier molecular flexibility index (Phi) is 8.16. The molecular formula is C24H30N2O7S. The Morgan fingerprint density at radius 3 is 2.38 bits per heavy atom. The number of piperidine rings is 1. The molecule has 1 fully saturated rings. The first-order chi connectivity index (χ1) is 16.1. The average Bonchev–Trinajstić information content (AvgIpc) is 2.82. The second kappa shape index (κ2) is 10.9. The number of esters is 1. The summed E-state index contributed by atoms with van der Waals surface area (Å²) in [7, 11) is -0.778. The molecule has 1 amide bonds. The molecule has 184 valence electrons. The lowest BCUT2D eigenvalue weighted by molar-refractivity contribution is -0.119. The minimum atomic E-state index is -3.75. The van der Waals surface area contributed by atoms with Gasteiger partial charge in [-0.05, 0) is 48.6 Å². The first-order valence-corrected chi connectivity index (χ1v) is 12.4. The quantitative estimate of drug-likeness (QED) is 0.566. The summed E-state index contributed by atoms with van der Waals surface area (Å²) in [6.07, 6.45) is 0.975. The van der Waals surface area contributed by atoms with Crippen LogP contribution in [0.15, 0.2) is 47.4 Å². The fourth-order valence-corrected chi connectivity index (χ4v) is 5.76. The van der Waals surface area contributed by atoms with E-state index < -0.39 is 28.5 Å². The Bertz CT molecular complexity index is 1140. The van der Waals surface area contributed by atoms with Crippen molar-refractivity contribution in [3.63, 3.8) is 0 Å². The maximum atomic E-state index is 13.1. The van der Waals surface area contributed by atoms with Crippen LogP contribution < -0.4 is 14.8 Å². The Hall–Kier alpha value is -3.11. The summed E-state index contributed by atoms with van der Waals surface area (Å²) in [4.78, 5) is 24.8. The highest BCUT2D eigenvalue weighted by atomic mass is 32.2. The van der Waals surface area contributed by atoms with Gasteiger partial charge in [0.25, 0.3) is 5.91 Å². The number of nitrogens with one attached hydrogen (secondary N) is 1. The molecule has 0 saturated carbocycles. The topological polar surface area (TPSA) is 111 Å². The monoisotopic (exact) mass is 490 g/mol. The van der Waals surface area contributed by atoms with Crippen molar-refractivity contribution in [2.75, 3.05) is 39.2 Å². The van der Waals surface area contributed by atoms with Crippen molar-refractivity contribution in [1.29, 1.82) is 0 Å². The first kappa shape index (κ1) is 25.5. The van der Waals surface area contributed by atoms with Crippen molar-refractivity contribution < 1.29 is 32.2 Å². The van der Waals surface area contributed by atoms with Crippen LogP contribution in [0.25, 0.3) is 0 Å². The number of methoxy groups -OCH3 is 2. The van der Waals surface area contributed by atoms with Gasteiger partial charge in [-0.15, -0.1) is 0 Å². The second-order valence-electron chi connectivity index (χ2n) is 8.49. The third-order valence-electron chi connectivity index (χ3n) is 5.56. The number of carbonyl (C=O) groups is 2. The van der Waals surface area contributed by atoms with Gasteiger partial charge >= 0.3 is 5.97 Å². The molecule has 34 heavy (non-hydrogen) atoms. The minimum absolute atomic E-state index is 0.0238. The van der Waals surface area contributed by atoms with E-state index >= 15 is 0 Å². The highest BCUT2D eigenvalue weighted by Crippen LogP contribution is 2.29. The lowest BCUT2D eigenvalue weighted by atomic mass is 9.94. The SMILES string of the molecule is COc1ccc(NC(=O)COC(=O)c2cccc(S(=O)(=O)N3C[C@@H](C)C[C@H](C)C3)c2)c(OC)c1. The first-order valence-electron chi connectivity index (χ1n) is 10.9. The van der Waals surface area contributed by atoms with Gasteiger partial charge in [-0.1, -0.05) is 19.9 Å². The fraction of sp³-hybridized carbons (Fsp3) is 0.417. The molecular weight excluding hydrogens is 460 g/mol. The normalized spacial score (nSPS) is 18.7. The van der Waals surface area contributed by atoms with Crippen LogP contribution in [0.3, 0.4) is 0 Å². The highest BCUT2D eigenvalue weighted by molar-refractivity contribution is 7.89. The molecule has 10 heteroatoms. The van der Waals surface area contributed by atoms with Crippen LogP contribution in [0.2, 0.25) is 0 Å². The number of rotatable bonds is 8. The van der Waals surface area contributed by atoms with Gasteiger partial charge in [0.2, 0.25) is 10.0 Å². The van der Waals surface area contributed by atoms with E-state index in [4.69, 9.17) is 14.2 Å². The lowest BCUT2D eigenvalue weighted by Gasteiger charge is -2.34. The van der Waals surface area contributed by atoms with Gasteiger partial charge in [0.05, 0.1) is 30.4 Å². The summed E-state index contributed by atoms with van der Waals surface area (Å²) in [6.45, 7) is 4.38. The van der Waals surface area contributed by atoms with Crippen LogP contribution in [-0.2, 0) is 19.6 Å². The number of nitrogens with zero attached hydrogens (tertiary/aromatic N) is 1. The van der Waals surface area contributed by atoms with Gasteiger partial charge in [0.15, 0.2) is 6.61 Å². The highest BCUT2D eigenvalue weighted by Gasteiger charge is 2.32. The Morgan fingerprint density at radius 2 is 1.74 bits per heavy atom. The summed E-state index contributed by atoms with van der Waals surface area (Å²) in [5, 5.41) is 2.61. The zero-order chi connectivity index (χ0) is 24.9. The number of sulfonamides is 1. The van der Waals surface area contributed by atoms with Crippen LogP contribution >= 0.6 is 0 Å². The van der Waals surface area contributed by atoms with Gasteiger partial charge in [0, 0.05) is 19.2 Å². The third kappa shape index (κ3) is 6.06. The van der Waals surface area contributed by atoms with Crippen molar-refractivity contribution >= 4 is 27.6 Å². The average molecular weight is 491 g/mol. The van der Waals surface area contributed by atoms with E-state index in [9.17, 15) is 18.0 Å². The van der Waals surface area contributed by atoms with Crippen molar-refractivity contribution in [3.8, 4) is 11.5 Å². The standard InChI is InChI=1S/C24H30N2O7S/c1-16-10-17(2)14-26(13-16)34(29,30)20-7-5-6-18(11-20)24(28)33-15-23(27)25-21-9-8-19(31-3)12-22(21)32-4/h5-9,11-12,16-17H,10,13-15H2,1-4H3,(H,25,27)/t16-,17-/m0/s1. The molecule has 1 aliphatic rings. The van der Waals surface area contributed by atoms with Crippen LogP contribution in [0.5, 0.6) is 11.5 Å². The predicted octanol–water partition coefficient (Wildman–Crippen LogP) is 3.17. The number of ether oxygens (including phenoxy) is 3. The van der Waals surface area contributed by atoms with Crippen molar-refractivity contribution in [2.45, 2.75) is 25.2 Å². The molecule has 9 nitrogen and oxygen atoms in total. The largest absolute Gasteiger partial charge is 0.497 e. The summed E-state index contributed by atoms with van der Waals surface area (Å²) in [5.41, 5.74) is 0.441. The van der Waals surface area contributed by atoms with Crippen molar-refractivity contribution in [2.24, 2.45) is 11.8 Å². The van der Waals surface area contributed by atoms with Crippen LogP contribution in [0.4, 0.5) is 5.69 Å². The summed E-state index contributed by atoms with van der Waals surface area (Å²) < 4.78 is 43.1. The number of amides is 1. The summed E-state index contributed by atoms with van der Waals surface area (Å²) in [5.74, 6) is 0.0954. The third-order valence-corrected chi connectivity index (χ3v) is 7.39. The Morgan fingerprint density at radius 1 is 1.03 bits per heavy atom. The van der Waals surface area contributed by atoms with Gasteiger partial charge in [-0.25, -0.2) is 13.2 Å². The van der Waals surface area contributed by atoms with E-state index in [-0.39, 0.29) is 22.3 Å². The van der Waals surface area contributed by atoms with Crippen LogP contribution in [0.1, 0.15) is 30.6 Å². The predicted molar refractivity (Wildman–Crippen MR) is 127 cm³/mol. The molecule has 0 unspecified atom stereocenters. The van der Waals surface area contributed by atoms with E-state index in [1.807, 2.05) is 13.8 Å². The Balaban J connectivity index is 1.65. The number of carbonyl (C=O) groups excluding carboxylic acids is 2. The molecule has 0 radical (unpaired) electrons. The lowest BCUT2D eigenvalue weighted by Crippen LogP contribution is -2.42. The number of anilines is 1. The maximum absolute atomic E-state index is 13.1. The van der Waals surface area contributed by atoms with E-state index in [1.165, 1.54) is 42.8 Å². The Labute approximate surface area is 200 Å². The fourth-order valence-electron chi connectivity index (χ4n) is 4.04. The number of hydrogen-bond acceptors (Lipinski definition) is 7. The molecule has 3 rings (SSSR count). The van der Waals surface area contributed by atoms with Gasteiger partial charge in [0.1, 0.15) is 11.5 Å². The van der Waals surface area contributed by atoms with Gasteiger partial charge in [-0.3, -0.25) is 4.79 Å². The molecule has 1 heterocycles. The molecule has 2 aromatic rings. The summed E-state index contributed by atoms with van der Waals surface area (Å²) in [6, 6.07) is 10.5. The number of benzene rings is 2. The van der Waals surface area contributed by atoms with Crippen LogP contribution in [0, 0.1) is 11.8 Å². The van der Waals surface area contributed by atoms with E-state index in [1.54, 1.807) is 18.2 Å². The molecule has 1 N–H and O–H groups in total. The van der Waals surface area contributed by atoms with Crippen molar-refractivity contribution in [1.82, 2.24) is 4.31 Å². The minimum Gasteiger partial charge on any atom is -0.497 e. The molecule has 0 spiro atoms. The zero-order valence-electron chi connectivity index (χ0n) is 19.7.